The maximum Gasteiger partial charge on any atom is 0.176 e. The Morgan fingerprint density at radius 3 is 2.70 bits per heavy atom. The van der Waals surface area contributed by atoms with E-state index in [1.165, 1.54) is 16.9 Å². The number of likely N-dealkylation sites (tertiary alicyclic amines) is 1. The molecule has 2 aromatic rings. The Labute approximate surface area is 186 Å². The van der Waals surface area contributed by atoms with Crippen molar-refractivity contribution in [3.8, 4) is 0 Å². The fourth-order valence-corrected chi connectivity index (χ4v) is 5.64. The highest BCUT2D eigenvalue weighted by atomic mass is 32.2. The quantitative estimate of drug-likeness (QED) is 0.595. The molecule has 2 atom stereocenters. The summed E-state index contributed by atoms with van der Waals surface area (Å²) < 4.78 is 29.1. The molecule has 0 saturated carbocycles. The summed E-state index contributed by atoms with van der Waals surface area (Å²) >= 11 is 1.23. The van der Waals surface area contributed by atoms with Crippen LogP contribution in [0.15, 0.2) is 30.5 Å². The predicted molar refractivity (Wildman–Crippen MR) is 125 cm³/mol. The number of nitrogens with zero attached hydrogens (tertiary/aromatic N) is 2. The Morgan fingerprint density at radius 2 is 2.10 bits per heavy atom. The topological polar surface area (TPSA) is 45.2 Å². The van der Waals surface area contributed by atoms with E-state index in [1.807, 2.05) is 33.0 Å². The van der Waals surface area contributed by atoms with E-state index >= 15 is 0 Å². The molecule has 0 aromatic carbocycles. The molecule has 0 spiro atoms. The number of thiophene rings is 1. The molecule has 2 unspecified atom stereocenters. The number of pyridine rings is 1. The Kier molecular flexibility index (Phi) is 7.49. The Balaban J connectivity index is 1.76. The molecule has 1 N–H and O–H groups in total. The third-order valence-electron chi connectivity index (χ3n) is 6.39. The fourth-order valence-electron chi connectivity index (χ4n) is 4.13. The summed E-state index contributed by atoms with van der Waals surface area (Å²) in [6.07, 6.45) is 4.82. The van der Waals surface area contributed by atoms with Crippen LogP contribution in [-0.4, -0.2) is 39.0 Å². The number of aromatic nitrogens is 1. The van der Waals surface area contributed by atoms with E-state index in [4.69, 9.17) is 0 Å². The van der Waals surface area contributed by atoms with Crippen molar-refractivity contribution in [1.29, 1.82) is 0 Å². The summed E-state index contributed by atoms with van der Waals surface area (Å²) in [4.78, 5) is 8.10. The van der Waals surface area contributed by atoms with Crippen molar-refractivity contribution < 1.29 is 8.60 Å². The molecule has 1 fully saturated rings. The van der Waals surface area contributed by atoms with E-state index in [0.29, 0.717) is 6.54 Å². The zero-order chi connectivity index (χ0) is 21.9. The van der Waals surface area contributed by atoms with Crippen LogP contribution in [0.3, 0.4) is 0 Å². The molecule has 0 aliphatic carbocycles. The summed E-state index contributed by atoms with van der Waals surface area (Å²) in [5.41, 5.74) is 2.12. The standard InChI is InChI=1S/C23H34FN3OS2/c1-17(2)30(28)26-15-23(11-10-20-8-9-21(24)29-20)12-13-27(16-23)22(4,5)19-7-6-18(3)25-14-19/h6-9,14,17,26H,10-13,15-16H2,1-5H3. The highest BCUT2D eigenvalue weighted by Crippen LogP contribution is 2.41. The van der Waals surface area contributed by atoms with Crippen LogP contribution in [0.5, 0.6) is 0 Å². The first-order valence-corrected chi connectivity index (χ1v) is 12.7. The Bertz CT molecular complexity index is 866. The minimum atomic E-state index is -1.04. The van der Waals surface area contributed by atoms with Crippen molar-refractivity contribution in [2.45, 2.75) is 64.7 Å². The monoisotopic (exact) mass is 451 g/mol. The van der Waals surface area contributed by atoms with Crippen LogP contribution in [0.1, 0.15) is 56.7 Å². The minimum Gasteiger partial charge on any atom is -0.293 e. The van der Waals surface area contributed by atoms with Gasteiger partial charge >= 0.3 is 0 Å². The second-order valence-electron chi connectivity index (χ2n) is 9.29. The van der Waals surface area contributed by atoms with Crippen molar-refractivity contribution in [3.05, 3.63) is 51.7 Å². The predicted octanol–water partition coefficient (Wildman–Crippen LogP) is 4.81. The smallest absolute Gasteiger partial charge is 0.176 e. The zero-order valence-electron chi connectivity index (χ0n) is 18.7. The van der Waals surface area contributed by atoms with Gasteiger partial charge in [-0.25, -0.2) is 8.93 Å². The number of rotatable bonds is 9. The first-order valence-electron chi connectivity index (χ1n) is 10.7. The highest BCUT2D eigenvalue weighted by Gasteiger charge is 2.43. The van der Waals surface area contributed by atoms with E-state index in [0.717, 1.165) is 42.9 Å². The molecule has 4 nitrogen and oxygen atoms in total. The average Bonchev–Trinajstić information content (AvgIpc) is 3.32. The lowest BCUT2D eigenvalue weighted by molar-refractivity contribution is 0.128. The van der Waals surface area contributed by atoms with Crippen molar-refractivity contribution >= 4 is 22.3 Å². The summed E-state index contributed by atoms with van der Waals surface area (Å²) in [7, 11) is -1.04. The van der Waals surface area contributed by atoms with Gasteiger partial charge in [0.25, 0.3) is 0 Å². The first kappa shape index (κ1) is 23.5. The van der Waals surface area contributed by atoms with E-state index in [-0.39, 0.29) is 21.3 Å². The number of nitrogens with one attached hydrogen (secondary N) is 1. The minimum absolute atomic E-state index is 0.0143. The maximum absolute atomic E-state index is 13.5. The molecule has 3 rings (SSSR count). The summed E-state index contributed by atoms with van der Waals surface area (Å²) in [6.45, 7) is 13.1. The molecule has 1 aliphatic heterocycles. The van der Waals surface area contributed by atoms with Gasteiger partial charge in [0.2, 0.25) is 0 Å². The van der Waals surface area contributed by atoms with Gasteiger partial charge in [-0.3, -0.25) is 9.88 Å². The highest BCUT2D eigenvalue weighted by molar-refractivity contribution is 7.83. The van der Waals surface area contributed by atoms with Crippen molar-refractivity contribution in [2.24, 2.45) is 5.41 Å². The average molecular weight is 452 g/mol. The van der Waals surface area contributed by atoms with Crippen molar-refractivity contribution in [2.75, 3.05) is 19.6 Å². The third-order valence-corrected chi connectivity index (χ3v) is 8.61. The van der Waals surface area contributed by atoms with Gasteiger partial charge in [-0.05, 0) is 89.6 Å². The SMILES string of the molecule is Cc1ccc(C(C)(C)N2CCC(CCc3ccc(F)s3)(CNS(=O)C(C)C)C2)cn1. The molecular formula is C23H34FN3OS2. The largest absolute Gasteiger partial charge is 0.293 e. The molecule has 2 aromatic heterocycles. The Morgan fingerprint density at radius 1 is 1.33 bits per heavy atom. The number of halogens is 1. The molecule has 1 saturated heterocycles. The van der Waals surface area contributed by atoms with Gasteiger partial charge in [-0.1, -0.05) is 6.07 Å². The van der Waals surface area contributed by atoms with Gasteiger partial charge in [-0.15, -0.1) is 11.3 Å². The lowest BCUT2D eigenvalue weighted by atomic mass is 9.82. The van der Waals surface area contributed by atoms with Gasteiger partial charge in [-0.2, -0.15) is 4.39 Å². The van der Waals surface area contributed by atoms with E-state index in [9.17, 15) is 8.60 Å². The number of hydrogen-bond acceptors (Lipinski definition) is 4. The van der Waals surface area contributed by atoms with Crippen LogP contribution in [0.2, 0.25) is 0 Å². The van der Waals surface area contributed by atoms with Crippen LogP contribution in [-0.2, 0) is 22.9 Å². The second-order valence-corrected chi connectivity index (χ2v) is 12.2. The molecule has 1 aliphatic rings. The van der Waals surface area contributed by atoms with Crippen LogP contribution >= 0.6 is 11.3 Å². The number of aryl methyl sites for hydroxylation is 2. The molecular weight excluding hydrogens is 417 g/mol. The zero-order valence-corrected chi connectivity index (χ0v) is 20.3. The van der Waals surface area contributed by atoms with Gasteiger partial charge < -0.3 is 0 Å². The molecule has 30 heavy (non-hydrogen) atoms. The molecule has 0 radical (unpaired) electrons. The van der Waals surface area contributed by atoms with Gasteiger partial charge in [0, 0.05) is 40.6 Å². The fraction of sp³-hybridized carbons (Fsp3) is 0.609. The summed E-state index contributed by atoms with van der Waals surface area (Å²) in [5.74, 6) is 0. The summed E-state index contributed by atoms with van der Waals surface area (Å²) in [5, 5.41) is -0.0415. The van der Waals surface area contributed by atoms with E-state index < -0.39 is 11.0 Å². The molecule has 0 bridgehead atoms. The normalized spacial score (nSPS) is 21.4. The molecule has 166 valence electrons. The van der Waals surface area contributed by atoms with Gasteiger partial charge in [0.15, 0.2) is 5.13 Å². The van der Waals surface area contributed by atoms with Gasteiger partial charge in [0.05, 0.1) is 11.0 Å². The van der Waals surface area contributed by atoms with E-state index in [2.05, 4.69) is 40.6 Å². The summed E-state index contributed by atoms with van der Waals surface area (Å²) in [6, 6.07) is 7.68. The van der Waals surface area contributed by atoms with Crippen LogP contribution in [0.4, 0.5) is 4.39 Å². The van der Waals surface area contributed by atoms with E-state index in [1.54, 1.807) is 6.07 Å². The van der Waals surface area contributed by atoms with Crippen LogP contribution in [0.25, 0.3) is 0 Å². The van der Waals surface area contributed by atoms with Crippen molar-refractivity contribution in [3.63, 3.8) is 0 Å². The molecule has 3 heterocycles. The van der Waals surface area contributed by atoms with Gasteiger partial charge in [0.1, 0.15) is 0 Å². The number of hydrogen-bond donors (Lipinski definition) is 1. The van der Waals surface area contributed by atoms with Crippen LogP contribution < -0.4 is 4.72 Å². The second kappa shape index (κ2) is 9.55. The lowest BCUT2D eigenvalue weighted by Crippen LogP contribution is -2.44. The molecule has 0 amide bonds. The van der Waals surface area contributed by atoms with Crippen molar-refractivity contribution in [1.82, 2.24) is 14.6 Å². The first-order chi connectivity index (χ1) is 14.1. The lowest BCUT2D eigenvalue weighted by Gasteiger charge is -2.38. The maximum atomic E-state index is 13.5. The van der Waals surface area contributed by atoms with Crippen LogP contribution in [0, 0.1) is 17.5 Å². The third kappa shape index (κ3) is 5.55. The molecule has 7 heteroatoms. The Hall–Kier alpha value is -1.15.